The van der Waals surface area contributed by atoms with Gasteiger partial charge in [0.2, 0.25) is 0 Å². The highest BCUT2D eigenvalue weighted by atomic mass is 14.9. The lowest BCUT2D eigenvalue weighted by atomic mass is 10.0. The molecule has 0 atom stereocenters. The van der Waals surface area contributed by atoms with Crippen LogP contribution in [0.5, 0.6) is 0 Å². The quantitative estimate of drug-likeness (QED) is 0.842. The monoisotopic (exact) mass is 228 g/mol. The van der Waals surface area contributed by atoms with Gasteiger partial charge in [-0.1, -0.05) is 12.1 Å². The molecule has 1 fully saturated rings. The first-order chi connectivity index (χ1) is 8.00. The topological polar surface area (TPSA) is 30.9 Å². The van der Waals surface area contributed by atoms with Crippen LogP contribution in [0.3, 0.4) is 0 Å². The van der Waals surface area contributed by atoms with Crippen LogP contribution < -0.4 is 5.73 Å². The molecule has 0 radical (unpaired) electrons. The van der Waals surface area contributed by atoms with Gasteiger partial charge >= 0.3 is 0 Å². The second-order valence-electron chi connectivity index (χ2n) is 5.66. The van der Waals surface area contributed by atoms with Crippen LogP contribution in [-0.2, 0) is 13.5 Å². The smallest absolute Gasteiger partial charge is 0.0485 e. The Balaban J connectivity index is 2.09. The Kier molecular flexibility index (Phi) is 2.14. The van der Waals surface area contributed by atoms with Crippen molar-refractivity contribution >= 4 is 10.9 Å². The predicted molar refractivity (Wildman–Crippen MR) is 72.2 cm³/mol. The van der Waals surface area contributed by atoms with E-state index in [2.05, 4.69) is 43.7 Å². The number of hydrogen-bond donors (Lipinski definition) is 1. The molecule has 2 aromatic rings. The number of fused-ring (bicyclic) bond motifs is 1. The van der Waals surface area contributed by atoms with Crippen molar-refractivity contribution in [1.29, 1.82) is 0 Å². The van der Waals surface area contributed by atoms with Crippen LogP contribution in [0.25, 0.3) is 10.9 Å². The molecular formula is C15H20N2. The maximum absolute atomic E-state index is 6.19. The Labute approximate surface area is 102 Å². The van der Waals surface area contributed by atoms with E-state index in [0.717, 1.165) is 6.42 Å². The third kappa shape index (κ3) is 1.67. The molecule has 0 amide bonds. The molecule has 1 heterocycles. The second kappa shape index (κ2) is 3.36. The Bertz CT molecular complexity index is 588. The van der Waals surface area contributed by atoms with Crippen molar-refractivity contribution in [3.63, 3.8) is 0 Å². The van der Waals surface area contributed by atoms with Crippen LogP contribution in [0.4, 0.5) is 0 Å². The van der Waals surface area contributed by atoms with Crippen LogP contribution >= 0.6 is 0 Å². The van der Waals surface area contributed by atoms with E-state index in [1.54, 1.807) is 0 Å². The lowest BCUT2D eigenvalue weighted by molar-refractivity contribution is 0.672. The summed E-state index contributed by atoms with van der Waals surface area (Å²) in [6.07, 6.45) is 3.37. The van der Waals surface area contributed by atoms with Crippen molar-refractivity contribution in [3.8, 4) is 0 Å². The fourth-order valence-electron chi connectivity index (χ4n) is 2.65. The fourth-order valence-corrected chi connectivity index (χ4v) is 2.65. The zero-order valence-electron chi connectivity index (χ0n) is 10.9. The Hall–Kier alpha value is -1.28. The third-order valence-electron chi connectivity index (χ3n) is 4.32. The Morgan fingerprint density at radius 2 is 2.00 bits per heavy atom. The molecule has 1 aromatic heterocycles. The number of rotatable bonds is 2. The van der Waals surface area contributed by atoms with E-state index >= 15 is 0 Å². The Morgan fingerprint density at radius 1 is 1.29 bits per heavy atom. The van der Waals surface area contributed by atoms with Gasteiger partial charge in [-0.25, -0.2) is 0 Å². The molecule has 17 heavy (non-hydrogen) atoms. The molecule has 0 spiro atoms. The van der Waals surface area contributed by atoms with E-state index in [1.807, 2.05) is 0 Å². The van der Waals surface area contributed by atoms with Crippen LogP contribution in [0.1, 0.15) is 29.7 Å². The minimum absolute atomic E-state index is 0.100. The summed E-state index contributed by atoms with van der Waals surface area (Å²) in [5.74, 6) is 0. The van der Waals surface area contributed by atoms with E-state index in [-0.39, 0.29) is 5.54 Å². The highest BCUT2D eigenvalue weighted by molar-refractivity contribution is 5.85. The molecule has 0 saturated heterocycles. The van der Waals surface area contributed by atoms with Gasteiger partial charge in [-0.05, 0) is 50.3 Å². The average Bonchev–Trinajstić information content (AvgIpc) is 2.99. The van der Waals surface area contributed by atoms with Gasteiger partial charge in [0.05, 0.1) is 0 Å². The molecule has 3 rings (SSSR count). The number of hydrogen-bond acceptors (Lipinski definition) is 1. The maximum Gasteiger partial charge on any atom is 0.0485 e. The summed E-state index contributed by atoms with van der Waals surface area (Å²) in [4.78, 5) is 0. The van der Waals surface area contributed by atoms with Crippen molar-refractivity contribution in [3.05, 3.63) is 35.0 Å². The number of nitrogens with zero attached hydrogens (tertiary/aromatic N) is 1. The van der Waals surface area contributed by atoms with Gasteiger partial charge < -0.3 is 10.3 Å². The van der Waals surface area contributed by atoms with Crippen LogP contribution in [0.2, 0.25) is 0 Å². The first-order valence-corrected chi connectivity index (χ1v) is 6.34. The lowest BCUT2D eigenvalue weighted by Crippen LogP contribution is -2.24. The van der Waals surface area contributed by atoms with Gasteiger partial charge in [0.15, 0.2) is 0 Å². The van der Waals surface area contributed by atoms with Crippen LogP contribution in [-0.4, -0.2) is 10.1 Å². The summed E-state index contributed by atoms with van der Waals surface area (Å²) in [7, 11) is 2.14. The standard InChI is InChI=1S/C15H20N2/c1-10-11(2)17(3)14-8-12(4-5-13(10)14)9-15(16)6-7-15/h4-5,8H,6-7,9,16H2,1-3H3. The summed E-state index contributed by atoms with van der Waals surface area (Å²) in [6, 6.07) is 6.79. The normalized spacial score (nSPS) is 17.6. The van der Waals surface area contributed by atoms with Gasteiger partial charge in [-0.2, -0.15) is 0 Å². The fraction of sp³-hybridized carbons (Fsp3) is 0.467. The molecule has 1 saturated carbocycles. The molecule has 90 valence electrons. The first-order valence-electron chi connectivity index (χ1n) is 6.34. The summed E-state index contributed by atoms with van der Waals surface area (Å²) in [6.45, 7) is 4.38. The third-order valence-corrected chi connectivity index (χ3v) is 4.32. The largest absolute Gasteiger partial charge is 0.348 e. The van der Waals surface area contributed by atoms with Crippen LogP contribution in [0, 0.1) is 13.8 Å². The summed E-state index contributed by atoms with van der Waals surface area (Å²) in [5.41, 5.74) is 11.7. The summed E-state index contributed by atoms with van der Waals surface area (Å²) in [5, 5.41) is 1.37. The van der Waals surface area contributed by atoms with Crippen molar-refractivity contribution in [2.45, 2.75) is 38.6 Å². The van der Waals surface area contributed by atoms with Gasteiger partial charge in [-0.3, -0.25) is 0 Å². The van der Waals surface area contributed by atoms with Gasteiger partial charge in [-0.15, -0.1) is 0 Å². The maximum atomic E-state index is 6.19. The molecule has 2 heteroatoms. The minimum atomic E-state index is 0.100. The molecule has 0 aliphatic heterocycles. The molecular weight excluding hydrogens is 208 g/mol. The van der Waals surface area contributed by atoms with Crippen molar-refractivity contribution in [2.75, 3.05) is 0 Å². The number of aryl methyl sites for hydroxylation is 2. The van der Waals surface area contributed by atoms with E-state index in [4.69, 9.17) is 5.73 Å². The molecule has 2 nitrogen and oxygen atoms in total. The predicted octanol–water partition coefficient (Wildman–Crippen LogP) is 2.83. The minimum Gasteiger partial charge on any atom is -0.348 e. The zero-order valence-corrected chi connectivity index (χ0v) is 10.9. The molecule has 1 aliphatic rings. The number of aromatic nitrogens is 1. The summed E-state index contributed by atoms with van der Waals surface area (Å²) >= 11 is 0. The molecule has 1 aromatic carbocycles. The van der Waals surface area contributed by atoms with Crippen molar-refractivity contribution < 1.29 is 0 Å². The summed E-state index contributed by atoms with van der Waals surface area (Å²) < 4.78 is 2.28. The SMILES string of the molecule is Cc1c(C)n(C)c2cc(CC3(N)CC3)ccc12. The molecule has 0 unspecified atom stereocenters. The highest BCUT2D eigenvalue weighted by Crippen LogP contribution is 2.36. The van der Waals surface area contributed by atoms with E-state index in [9.17, 15) is 0 Å². The van der Waals surface area contributed by atoms with Crippen molar-refractivity contribution in [2.24, 2.45) is 12.8 Å². The molecule has 0 bridgehead atoms. The van der Waals surface area contributed by atoms with Gasteiger partial charge in [0.25, 0.3) is 0 Å². The van der Waals surface area contributed by atoms with Crippen LogP contribution in [0.15, 0.2) is 18.2 Å². The van der Waals surface area contributed by atoms with E-state index in [0.29, 0.717) is 0 Å². The van der Waals surface area contributed by atoms with Gasteiger partial charge in [0.1, 0.15) is 0 Å². The second-order valence-corrected chi connectivity index (χ2v) is 5.66. The number of benzene rings is 1. The number of nitrogens with two attached hydrogens (primary N) is 1. The van der Waals surface area contributed by atoms with E-state index < -0.39 is 0 Å². The molecule has 1 aliphatic carbocycles. The zero-order chi connectivity index (χ0) is 12.2. The first kappa shape index (κ1) is 10.8. The Morgan fingerprint density at radius 3 is 2.65 bits per heavy atom. The van der Waals surface area contributed by atoms with Crippen molar-refractivity contribution in [1.82, 2.24) is 4.57 Å². The lowest BCUT2D eigenvalue weighted by Gasteiger charge is -2.09. The van der Waals surface area contributed by atoms with E-state index in [1.165, 1.54) is 40.6 Å². The highest BCUT2D eigenvalue weighted by Gasteiger charge is 2.37. The molecule has 2 N–H and O–H groups in total. The average molecular weight is 228 g/mol. The van der Waals surface area contributed by atoms with Gasteiger partial charge in [0, 0.05) is 29.2 Å².